The van der Waals surface area contributed by atoms with Crippen molar-refractivity contribution in [2.24, 2.45) is 0 Å². The number of carboxylic acid groups (broad SMARTS) is 2. The molecule has 0 radical (unpaired) electrons. The second-order valence-electron chi connectivity index (χ2n) is 10.6. The van der Waals surface area contributed by atoms with E-state index in [4.69, 9.17) is 0 Å². The predicted molar refractivity (Wildman–Crippen MR) is 170 cm³/mol. The van der Waals surface area contributed by atoms with Gasteiger partial charge in [-0.2, -0.15) is 0 Å². The standard InChI is InChI=1S/C38H26O6/c39-33(27-17-15-23-7-1-3-9-25(23)19-27)21-29-11-5-13-31(35(29)37(41)42)32-14-6-12-30(36(32)38(43)44)22-34(40)28-18-16-24-8-2-4-10-26(24)20-28/h1-20H,21-22H2,(H,41,42)(H,43,44). The number of carboxylic acids is 2. The SMILES string of the molecule is O=C(Cc1cccc(-c2cccc(CC(=O)c3ccc4ccccc4c3)c2C(=O)O)c1C(=O)O)c1ccc2ccccc2c1. The van der Waals surface area contributed by atoms with E-state index in [1.807, 2.05) is 60.7 Å². The Morgan fingerprint density at radius 1 is 0.432 bits per heavy atom. The molecule has 214 valence electrons. The van der Waals surface area contributed by atoms with E-state index in [1.165, 1.54) is 12.1 Å². The van der Waals surface area contributed by atoms with Gasteiger partial charge in [-0.1, -0.05) is 109 Å². The van der Waals surface area contributed by atoms with Crippen LogP contribution in [0.5, 0.6) is 0 Å². The van der Waals surface area contributed by atoms with Crippen molar-refractivity contribution in [1.82, 2.24) is 0 Å². The Balaban J connectivity index is 1.37. The maximum Gasteiger partial charge on any atom is 0.336 e. The molecule has 44 heavy (non-hydrogen) atoms. The lowest BCUT2D eigenvalue weighted by Crippen LogP contribution is -2.13. The van der Waals surface area contributed by atoms with E-state index < -0.39 is 11.9 Å². The highest BCUT2D eigenvalue weighted by Gasteiger charge is 2.25. The fourth-order valence-electron chi connectivity index (χ4n) is 5.72. The minimum absolute atomic E-state index is 0.151. The number of hydrogen-bond donors (Lipinski definition) is 2. The van der Waals surface area contributed by atoms with Crippen molar-refractivity contribution in [1.29, 1.82) is 0 Å². The molecule has 6 rings (SSSR count). The third-order valence-corrected chi connectivity index (χ3v) is 7.86. The molecule has 0 saturated heterocycles. The molecule has 0 atom stereocenters. The van der Waals surface area contributed by atoms with Crippen LogP contribution in [-0.2, 0) is 12.8 Å². The summed E-state index contributed by atoms with van der Waals surface area (Å²) in [6, 6.07) is 35.4. The Hall–Kier alpha value is -5.88. The molecule has 0 fully saturated rings. The van der Waals surface area contributed by atoms with Gasteiger partial charge in [0.15, 0.2) is 11.6 Å². The second kappa shape index (κ2) is 11.8. The number of carbonyl (C=O) groups excluding carboxylic acids is 2. The van der Waals surface area contributed by atoms with Crippen LogP contribution >= 0.6 is 0 Å². The predicted octanol–water partition coefficient (Wildman–Crippen LogP) is 7.91. The van der Waals surface area contributed by atoms with E-state index in [1.54, 1.807) is 48.5 Å². The van der Waals surface area contributed by atoms with Crippen molar-refractivity contribution in [2.45, 2.75) is 12.8 Å². The molecule has 0 aliphatic heterocycles. The fourth-order valence-corrected chi connectivity index (χ4v) is 5.72. The first-order chi connectivity index (χ1) is 21.3. The molecule has 0 unspecified atom stereocenters. The molecule has 6 heteroatoms. The van der Waals surface area contributed by atoms with Crippen LogP contribution in [0.25, 0.3) is 32.7 Å². The monoisotopic (exact) mass is 578 g/mol. The Morgan fingerprint density at radius 2 is 0.818 bits per heavy atom. The molecule has 0 aliphatic carbocycles. The molecule has 0 amide bonds. The van der Waals surface area contributed by atoms with Crippen molar-refractivity contribution >= 4 is 45.0 Å². The van der Waals surface area contributed by atoms with Crippen LogP contribution < -0.4 is 0 Å². The number of carbonyl (C=O) groups is 4. The van der Waals surface area contributed by atoms with E-state index in [0.29, 0.717) is 11.1 Å². The van der Waals surface area contributed by atoms with Crippen molar-refractivity contribution < 1.29 is 29.4 Å². The molecule has 0 spiro atoms. The summed E-state index contributed by atoms with van der Waals surface area (Å²) in [7, 11) is 0. The van der Waals surface area contributed by atoms with Crippen LogP contribution in [0.4, 0.5) is 0 Å². The lowest BCUT2D eigenvalue weighted by atomic mass is 9.87. The molecule has 0 heterocycles. The Kier molecular flexibility index (Phi) is 7.56. The van der Waals surface area contributed by atoms with Gasteiger partial charge in [-0.15, -0.1) is 0 Å². The van der Waals surface area contributed by atoms with Crippen molar-refractivity contribution in [3.05, 3.63) is 155 Å². The molecular formula is C38H26O6. The highest BCUT2D eigenvalue weighted by atomic mass is 16.4. The average Bonchev–Trinajstić information content (AvgIpc) is 3.03. The largest absolute Gasteiger partial charge is 0.478 e. The molecule has 6 aromatic rings. The van der Waals surface area contributed by atoms with Gasteiger partial charge >= 0.3 is 11.9 Å². The Morgan fingerprint density at radius 3 is 1.20 bits per heavy atom. The average molecular weight is 579 g/mol. The lowest BCUT2D eigenvalue weighted by Gasteiger charge is -2.16. The number of benzene rings is 6. The summed E-state index contributed by atoms with van der Waals surface area (Å²) in [4.78, 5) is 51.9. The zero-order valence-corrected chi connectivity index (χ0v) is 23.5. The van der Waals surface area contributed by atoms with E-state index in [-0.39, 0.29) is 57.8 Å². The smallest absolute Gasteiger partial charge is 0.336 e. The van der Waals surface area contributed by atoms with Gasteiger partial charge in [0.05, 0.1) is 11.1 Å². The Labute approximate surface area is 252 Å². The third kappa shape index (κ3) is 5.49. The summed E-state index contributed by atoms with van der Waals surface area (Å²) >= 11 is 0. The van der Waals surface area contributed by atoms with Gasteiger partial charge in [-0.3, -0.25) is 9.59 Å². The highest BCUT2D eigenvalue weighted by molar-refractivity contribution is 6.08. The molecule has 6 aromatic carbocycles. The number of aromatic carboxylic acids is 2. The molecule has 0 bridgehead atoms. The number of rotatable bonds is 9. The zero-order chi connectivity index (χ0) is 30.8. The first-order valence-electron chi connectivity index (χ1n) is 14.0. The molecule has 2 N–H and O–H groups in total. The summed E-state index contributed by atoms with van der Waals surface area (Å²) in [5, 5.41) is 24.4. The minimum Gasteiger partial charge on any atom is -0.478 e. The van der Waals surface area contributed by atoms with E-state index >= 15 is 0 Å². The van der Waals surface area contributed by atoms with Gasteiger partial charge in [0.25, 0.3) is 0 Å². The number of hydrogen-bond acceptors (Lipinski definition) is 4. The number of Topliss-reactive ketones (excluding diaryl/α,β-unsaturated/α-hetero) is 2. The van der Waals surface area contributed by atoms with Crippen molar-refractivity contribution in [2.75, 3.05) is 0 Å². The molecule has 6 nitrogen and oxygen atoms in total. The molecule has 0 aromatic heterocycles. The topological polar surface area (TPSA) is 109 Å². The van der Waals surface area contributed by atoms with Gasteiger partial charge < -0.3 is 10.2 Å². The van der Waals surface area contributed by atoms with Gasteiger partial charge in [-0.05, 0) is 55.9 Å². The fraction of sp³-hybridized carbons (Fsp3) is 0.0526. The summed E-state index contributed by atoms with van der Waals surface area (Å²) < 4.78 is 0. The Bertz CT molecular complexity index is 1970. The normalized spacial score (nSPS) is 11.0. The van der Waals surface area contributed by atoms with Gasteiger partial charge in [0.1, 0.15) is 0 Å². The molecular weight excluding hydrogens is 552 g/mol. The van der Waals surface area contributed by atoms with E-state index in [0.717, 1.165) is 21.5 Å². The van der Waals surface area contributed by atoms with Gasteiger partial charge in [0.2, 0.25) is 0 Å². The minimum atomic E-state index is -1.28. The van der Waals surface area contributed by atoms with Crippen LogP contribution in [0.3, 0.4) is 0 Å². The first-order valence-corrected chi connectivity index (χ1v) is 14.0. The third-order valence-electron chi connectivity index (χ3n) is 7.86. The van der Waals surface area contributed by atoms with Crippen molar-refractivity contribution in [3.8, 4) is 11.1 Å². The van der Waals surface area contributed by atoms with Gasteiger partial charge in [-0.25, -0.2) is 9.59 Å². The van der Waals surface area contributed by atoms with E-state index in [9.17, 15) is 29.4 Å². The maximum atomic E-state index is 13.3. The molecule has 0 saturated carbocycles. The van der Waals surface area contributed by atoms with Gasteiger partial charge in [0, 0.05) is 24.0 Å². The second-order valence-corrected chi connectivity index (χ2v) is 10.6. The van der Waals surface area contributed by atoms with Crippen molar-refractivity contribution in [3.63, 3.8) is 0 Å². The van der Waals surface area contributed by atoms with Crippen LogP contribution in [-0.4, -0.2) is 33.7 Å². The number of fused-ring (bicyclic) bond motifs is 2. The summed E-state index contributed by atoms with van der Waals surface area (Å²) in [5.41, 5.74) is 1.46. The summed E-state index contributed by atoms with van der Waals surface area (Å²) in [6.07, 6.45) is -0.368. The quantitative estimate of drug-likeness (QED) is 0.169. The summed E-state index contributed by atoms with van der Waals surface area (Å²) in [5.74, 6) is -3.08. The first kappa shape index (κ1) is 28.2. The van der Waals surface area contributed by atoms with Crippen LogP contribution in [0.1, 0.15) is 52.6 Å². The zero-order valence-electron chi connectivity index (χ0n) is 23.5. The van der Waals surface area contributed by atoms with Crippen LogP contribution in [0.2, 0.25) is 0 Å². The lowest BCUT2D eigenvalue weighted by molar-refractivity contribution is 0.0682. The van der Waals surface area contributed by atoms with E-state index in [2.05, 4.69) is 0 Å². The van der Waals surface area contributed by atoms with Crippen LogP contribution in [0.15, 0.2) is 121 Å². The highest BCUT2D eigenvalue weighted by Crippen LogP contribution is 2.33. The summed E-state index contributed by atoms with van der Waals surface area (Å²) in [6.45, 7) is 0. The molecule has 0 aliphatic rings. The number of ketones is 2. The van der Waals surface area contributed by atoms with Crippen LogP contribution in [0, 0.1) is 0 Å². The maximum absolute atomic E-state index is 13.3.